The van der Waals surface area contributed by atoms with Gasteiger partial charge in [0.2, 0.25) is 0 Å². The van der Waals surface area contributed by atoms with Gasteiger partial charge >= 0.3 is 0 Å². The van der Waals surface area contributed by atoms with Gasteiger partial charge in [-0.05, 0) is 71.8 Å². The van der Waals surface area contributed by atoms with Crippen molar-refractivity contribution in [1.29, 1.82) is 0 Å². The minimum absolute atomic E-state index is 0.115. The molecule has 0 radical (unpaired) electrons. The Morgan fingerprint density at radius 1 is 0.449 bits per heavy atom. The van der Waals surface area contributed by atoms with Crippen LogP contribution < -0.4 is 48.5 Å². The number of nitro groups is 2. The summed E-state index contributed by atoms with van der Waals surface area (Å²) in [6.07, 6.45) is 6.24. The number of sulfone groups is 1. The van der Waals surface area contributed by atoms with Gasteiger partial charge in [-0.1, -0.05) is 24.3 Å². The molecule has 0 heterocycles. The maximum atomic E-state index is 16.0. The molecular weight excluding hydrogens is 913 g/mol. The van der Waals surface area contributed by atoms with Crippen LogP contribution in [0.4, 0.5) is 34.1 Å². The zero-order chi connectivity index (χ0) is 49.8. The van der Waals surface area contributed by atoms with E-state index in [1.807, 2.05) is 0 Å². The number of ether oxygens (including phenoxy) is 8. The molecule has 360 valence electrons. The Hall–Kier alpha value is -8.45. The van der Waals surface area contributed by atoms with Crippen molar-refractivity contribution in [2.45, 2.75) is 10.5 Å². The summed E-state index contributed by atoms with van der Waals surface area (Å²) in [6.45, 7) is 0. The first-order valence-electron chi connectivity index (χ1n) is 20.8. The summed E-state index contributed by atoms with van der Waals surface area (Å²) in [7, 11) is 7.24. The lowest BCUT2D eigenvalue weighted by molar-refractivity contribution is -0.385. The fraction of sp³-hybridized carbons (Fsp3) is 0.200. The molecule has 18 nitrogen and oxygen atoms in total. The predicted molar refractivity (Wildman–Crippen MR) is 263 cm³/mol. The fourth-order valence-electron chi connectivity index (χ4n) is 7.38. The maximum absolute atomic E-state index is 16.0. The third-order valence-corrected chi connectivity index (χ3v) is 13.2. The highest BCUT2D eigenvalue weighted by Gasteiger charge is 2.35. The van der Waals surface area contributed by atoms with Gasteiger partial charge in [0.15, 0.2) is 9.84 Å². The molecule has 0 aliphatic rings. The topological polar surface area (TPSA) is 218 Å². The van der Waals surface area contributed by atoms with Crippen LogP contribution in [0.3, 0.4) is 0 Å². The summed E-state index contributed by atoms with van der Waals surface area (Å²) in [5, 5.41) is 26.4. The lowest BCUT2D eigenvalue weighted by Gasteiger charge is -2.24. The van der Waals surface area contributed by atoms with Crippen LogP contribution >= 0.6 is 0 Å². The van der Waals surface area contributed by atoms with E-state index in [1.165, 1.54) is 118 Å². The number of benzene rings is 6. The zero-order valence-corrected chi connectivity index (χ0v) is 39.7. The van der Waals surface area contributed by atoms with Crippen molar-refractivity contribution in [3.63, 3.8) is 0 Å². The smallest absolute Gasteiger partial charge is 0.269 e. The van der Waals surface area contributed by atoms with Crippen molar-refractivity contribution in [3.05, 3.63) is 164 Å². The number of methoxy groups -OCH3 is 8. The number of rotatable bonds is 22. The van der Waals surface area contributed by atoms with Gasteiger partial charge < -0.3 is 48.5 Å². The number of nitro benzene ring substituents is 2. The van der Waals surface area contributed by atoms with Crippen molar-refractivity contribution in [2.75, 3.05) is 67.5 Å². The molecule has 2 unspecified atom stereocenters. The highest BCUT2D eigenvalue weighted by atomic mass is 32.2. The van der Waals surface area contributed by atoms with Gasteiger partial charge in [0, 0.05) is 59.9 Å². The molecule has 2 N–H and O–H groups in total. The molecule has 0 aliphatic heterocycles. The van der Waals surface area contributed by atoms with Gasteiger partial charge in [0.1, 0.15) is 56.5 Å². The number of hydrogen-bond donors (Lipinski definition) is 2. The second-order valence-electron chi connectivity index (χ2n) is 14.8. The molecule has 6 aromatic carbocycles. The van der Waals surface area contributed by atoms with E-state index in [-0.39, 0.29) is 11.4 Å². The summed E-state index contributed by atoms with van der Waals surface area (Å²) in [5.41, 5.74) is 2.83. The highest BCUT2D eigenvalue weighted by molar-refractivity contribution is 7.92. The molecule has 69 heavy (non-hydrogen) atoms. The molecule has 0 aliphatic carbocycles. The first-order valence-corrected chi connectivity index (χ1v) is 22.4. The lowest BCUT2D eigenvalue weighted by Crippen LogP contribution is -2.19. The summed E-state index contributed by atoms with van der Waals surface area (Å²) >= 11 is 0. The van der Waals surface area contributed by atoms with Crippen molar-refractivity contribution in [1.82, 2.24) is 0 Å². The Kier molecular flexibility index (Phi) is 16.2. The Morgan fingerprint density at radius 2 is 0.768 bits per heavy atom. The van der Waals surface area contributed by atoms with Crippen LogP contribution in [-0.2, 0) is 9.84 Å². The molecule has 0 saturated heterocycles. The van der Waals surface area contributed by atoms with Crippen molar-refractivity contribution in [3.8, 4) is 46.0 Å². The standard InChI is InChI=1S/C50H50N4O14S/c1-61-37-27-45(65-5)39(46(28-37)66-6)19-23-49(31-9-21-43(63-3)41(25-31)51-33-11-15-35(16-12-33)53(55)56)69(59,60)50(24-20-40-47(67-7)29-38(62-2)30-48(40)68-8)32-10-22-44(64-4)42(26-32)52-34-13-17-36(18-14-34)54(57)58/h9-30,49-52H,1-8H3/b23-19+,24-20+. The van der Waals surface area contributed by atoms with Gasteiger partial charge in [-0.3, -0.25) is 20.2 Å². The Bertz CT molecular complexity index is 2730. The first kappa shape index (κ1) is 50.0. The largest absolute Gasteiger partial charge is 0.496 e. The molecule has 0 spiro atoms. The quantitative estimate of drug-likeness (QED) is 0.0477. The van der Waals surface area contributed by atoms with Crippen LogP contribution in [0.2, 0.25) is 0 Å². The van der Waals surface area contributed by atoms with E-state index in [9.17, 15) is 20.2 Å². The number of anilines is 4. The zero-order valence-electron chi connectivity index (χ0n) is 38.9. The van der Waals surface area contributed by atoms with E-state index >= 15 is 8.42 Å². The van der Waals surface area contributed by atoms with E-state index in [2.05, 4.69) is 10.6 Å². The van der Waals surface area contributed by atoms with Crippen LogP contribution in [0.15, 0.2) is 121 Å². The fourth-order valence-corrected chi connectivity index (χ4v) is 9.35. The lowest BCUT2D eigenvalue weighted by atomic mass is 10.1. The summed E-state index contributed by atoms with van der Waals surface area (Å²) in [5.74, 6) is 2.92. The third-order valence-electron chi connectivity index (χ3n) is 10.9. The number of non-ortho nitro benzene ring substituents is 2. The average molecular weight is 963 g/mol. The molecule has 19 heteroatoms. The Labute approximate surface area is 398 Å². The van der Waals surface area contributed by atoms with Gasteiger partial charge in [-0.15, -0.1) is 0 Å². The number of hydrogen-bond acceptors (Lipinski definition) is 16. The van der Waals surface area contributed by atoms with E-state index in [4.69, 9.17) is 37.9 Å². The van der Waals surface area contributed by atoms with Crippen molar-refractivity contribution < 1.29 is 56.2 Å². The van der Waals surface area contributed by atoms with E-state index in [0.29, 0.717) is 91.0 Å². The molecule has 6 aromatic rings. The third kappa shape index (κ3) is 11.4. The second-order valence-corrected chi connectivity index (χ2v) is 17.0. The van der Waals surface area contributed by atoms with Crippen LogP contribution in [0, 0.1) is 20.2 Å². The van der Waals surface area contributed by atoms with Gasteiger partial charge in [0.25, 0.3) is 11.4 Å². The SMILES string of the molecule is COc1cc(OC)c(/C=C/C(c2ccc(OC)c(Nc3ccc([N+](=O)[O-])cc3)c2)S(=O)(=O)C(/C=C/c2c(OC)cc(OC)cc2OC)c2ccc(OC)c(Nc3ccc([N+](=O)[O-])cc3)c2)c(OC)c1. The van der Waals surface area contributed by atoms with Crippen LogP contribution in [-0.4, -0.2) is 75.1 Å². The second kappa shape index (κ2) is 22.4. The van der Waals surface area contributed by atoms with E-state index in [0.717, 1.165) is 0 Å². The molecule has 0 amide bonds. The first-order chi connectivity index (χ1) is 33.2. The molecule has 2 atom stereocenters. The van der Waals surface area contributed by atoms with Crippen LogP contribution in [0.25, 0.3) is 12.2 Å². The molecule has 0 aromatic heterocycles. The molecular formula is C50H50N4O14S. The van der Waals surface area contributed by atoms with Gasteiger partial charge in [-0.25, -0.2) is 8.42 Å². The monoisotopic (exact) mass is 962 g/mol. The van der Waals surface area contributed by atoms with Crippen LogP contribution in [0.5, 0.6) is 46.0 Å². The highest BCUT2D eigenvalue weighted by Crippen LogP contribution is 2.45. The predicted octanol–water partition coefficient (Wildman–Crippen LogP) is 10.7. The van der Waals surface area contributed by atoms with Crippen molar-refractivity contribution in [2.24, 2.45) is 0 Å². The van der Waals surface area contributed by atoms with E-state index in [1.54, 1.807) is 72.8 Å². The van der Waals surface area contributed by atoms with Crippen molar-refractivity contribution >= 4 is 56.1 Å². The molecule has 0 saturated carbocycles. The Morgan fingerprint density at radius 3 is 1.04 bits per heavy atom. The molecule has 0 bridgehead atoms. The van der Waals surface area contributed by atoms with Gasteiger partial charge in [-0.2, -0.15) is 0 Å². The molecule has 0 fully saturated rings. The normalized spacial score (nSPS) is 12.2. The average Bonchev–Trinajstić information content (AvgIpc) is 3.36. The summed E-state index contributed by atoms with van der Waals surface area (Å²) < 4.78 is 77.4. The maximum Gasteiger partial charge on any atom is 0.269 e. The van der Waals surface area contributed by atoms with Crippen LogP contribution in [0.1, 0.15) is 32.8 Å². The summed E-state index contributed by atoms with van der Waals surface area (Å²) in [6, 6.07) is 27.8. The summed E-state index contributed by atoms with van der Waals surface area (Å²) in [4.78, 5) is 21.8. The molecule has 6 rings (SSSR count). The number of nitrogens with one attached hydrogen (secondary N) is 2. The number of nitrogens with zero attached hydrogens (tertiary/aromatic N) is 2. The van der Waals surface area contributed by atoms with E-state index < -0.39 is 30.2 Å². The Balaban J connectivity index is 1.61. The minimum Gasteiger partial charge on any atom is -0.496 e. The van der Waals surface area contributed by atoms with Gasteiger partial charge in [0.05, 0.1) is 89.2 Å². The minimum atomic E-state index is -4.54.